The summed E-state index contributed by atoms with van der Waals surface area (Å²) in [5, 5.41) is 2.53. The van der Waals surface area contributed by atoms with Gasteiger partial charge in [0.25, 0.3) is 0 Å². The highest BCUT2D eigenvalue weighted by Gasteiger charge is 2.60. The van der Waals surface area contributed by atoms with E-state index in [1.807, 2.05) is 116 Å². The Labute approximate surface area is 940 Å². The van der Waals surface area contributed by atoms with Crippen molar-refractivity contribution in [2.24, 2.45) is 35.5 Å². The zero-order valence-corrected chi connectivity index (χ0v) is 117. The first-order chi connectivity index (χ1) is 68.6. The van der Waals surface area contributed by atoms with Gasteiger partial charge in [0.2, 0.25) is 0 Å². The Morgan fingerprint density at radius 2 is 0.773 bits per heavy atom. The summed E-state index contributed by atoms with van der Waals surface area (Å²) >= 11 is 0. The largest absolute Gasteiger partial charge is 0.421 e. The van der Waals surface area contributed by atoms with E-state index in [0.717, 1.165) is 120 Å². The van der Waals surface area contributed by atoms with E-state index in [0.29, 0.717) is 59.4 Å². The molecular weight excluding hydrogens is 2160 g/mol. The van der Waals surface area contributed by atoms with Crippen LogP contribution in [0, 0.1) is 35.5 Å². The lowest BCUT2D eigenvalue weighted by molar-refractivity contribution is 0.166. The maximum atomic E-state index is 6.36. The normalized spacial score (nSPS) is 21.1. The van der Waals surface area contributed by atoms with Crippen LogP contribution in [0.15, 0.2) is 102 Å². The fourth-order valence-corrected chi connectivity index (χ4v) is 98.7. The van der Waals surface area contributed by atoms with Crippen LogP contribution in [-0.2, 0) is 111 Å². The Morgan fingerprint density at radius 1 is 0.353 bits per heavy atom. The van der Waals surface area contributed by atoms with Crippen LogP contribution in [0.2, 0.25) is 184 Å². The molecule has 8 aliphatic carbocycles. The van der Waals surface area contributed by atoms with E-state index < -0.39 is 135 Å². The van der Waals surface area contributed by atoms with Crippen LogP contribution >= 0.6 is 0 Å². The van der Waals surface area contributed by atoms with Crippen molar-refractivity contribution >= 4 is 140 Å². The lowest BCUT2D eigenvalue weighted by Crippen LogP contribution is -2.57. The van der Waals surface area contributed by atoms with Crippen molar-refractivity contribution in [2.75, 3.05) is 168 Å². The molecule has 1 saturated heterocycles. The van der Waals surface area contributed by atoms with Crippen LogP contribution in [0.3, 0.4) is 0 Å². The van der Waals surface area contributed by atoms with E-state index in [4.69, 9.17) is 111 Å². The van der Waals surface area contributed by atoms with Gasteiger partial charge in [-0.1, -0.05) is 166 Å². The molecule has 1 aliphatic heterocycles. The third kappa shape index (κ3) is 48.1. The second-order valence-electron chi connectivity index (χ2n) is 46.5. The van der Waals surface area contributed by atoms with Crippen molar-refractivity contribution in [1.29, 1.82) is 0 Å². The Balaban J connectivity index is 0. The van der Waals surface area contributed by atoms with Crippen molar-refractivity contribution in [3.05, 3.63) is 102 Å². The minimum Gasteiger partial charge on any atom is -0.421 e. The van der Waals surface area contributed by atoms with Crippen molar-refractivity contribution in [1.82, 2.24) is 0 Å². The average molecular weight is 2400 g/mol. The molecule has 0 aromatic heterocycles. The van der Waals surface area contributed by atoms with Gasteiger partial charge in [-0.15, -0.1) is 6.58 Å². The summed E-state index contributed by atoms with van der Waals surface area (Å²) in [5.41, 5.74) is 11.8. The van der Waals surface area contributed by atoms with Gasteiger partial charge < -0.3 is 111 Å². The maximum absolute atomic E-state index is 6.36. The number of benzene rings is 1. The average Bonchev–Trinajstić information content (AvgIpc) is 1.61. The molecule has 25 nitrogen and oxygen atoms in total. The van der Waals surface area contributed by atoms with Crippen LogP contribution < -0.4 is 5.19 Å². The summed E-state index contributed by atoms with van der Waals surface area (Å²) in [6.45, 7) is 61.2. The highest BCUT2D eigenvalue weighted by molar-refractivity contribution is 6.95. The van der Waals surface area contributed by atoms with Crippen LogP contribution in [0.5, 0.6) is 0 Å². The molecule has 150 heavy (non-hydrogen) atoms. The van der Waals surface area contributed by atoms with Crippen LogP contribution in [0.4, 0.5) is 0 Å². The summed E-state index contributed by atoms with van der Waals surface area (Å²) in [7, 11) is 1.58. The topological polar surface area (TPSA) is 234 Å². The first-order valence-corrected chi connectivity index (χ1v) is 96.9. The molecule has 9 atom stereocenters. The molecule has 0 spiro atoms. The van der Waals surface area contributed by atoms with E-state index in [1.165, 1.54) is 112 Å². The lowest BCUT2D eigenvalue weighted by atomic mass is 9.88. The second kappa shape index (κ2) is 72.0. The number of hydrogen-bond acceptors (Lipinski definition) is 25. The van der Waals surface area contributed by atoms with Crippen molar-refractivity contribution in [3.8, 4) is 0 Å². The standard InChI is InChI=1S/C15H30O3Si2.C15H34O3Si2.C14H30O4Si2.C13H28O3Si2.C13H26O3Si2.C12H22O3Si2.C12H28O3Si2.C11H22O3Si2.4CH4/c1-13(2)14-8-10-15(11-9-14)20(17-4,18-5)12-19(6,7)16-3;1-6-16-19(4,5)14-20(17-7-2,18-8-3)15-12-10-9-11-13-15;1-15-19(4,5)11-20(16-2,17-3)9-8-12-6-7-13-14(10-12)18-13;2*1-14-17(4,5)10-18(15-2,16-3)13-9-11-6-7-12(13)8-11;1-13-16(4,5)11-17(14-2,15-3)12-9-7-6-8-10-12;1-7-11-17(14-9-3,15-10-4)12-16(5,6)13-8-2;1-12-15(4,5)10-16(13-2,14-3)11-8-6-7-9-11;;;;/h8,10,13H,9,11-12H2,1-7H3;15H,6-14H2,1-5H3;12-14H,6-11H2,1-5H3;11-13H,6-10H2,1-5H3;6-7,11-13H,8-10H2,1-5H3;6-10H,11H2,1-5H3;7H,1,8-12H2,2-6H3;6-9,11H,10H2,1-5H3;4*1H4. The summed E-state index contributed by atoms with van der Waals surface area (Å²) in [4.78, 5) is 0. The van der Waals surface area contributed by atoms with Gasteiger partial charge in [-0.3, -0.25) is 0 Å². The molecule has 5 saturated carbocycles. The molecule has 10 rings (SSSR count). The highest BCUT2D eigenvalue weighted by Crippen LogP contribution is 2.58. The SMILES string of the molecule is C.C.C.C.C=CC[Si](C[Si](C)(C)OCC)(OCC)OCC.CCO[Si](C)(C)C[Si](OCC)(OCC)C1CCCCC1.CO[Si](C)(C)C[Si](CCC1CCC2OC2C1)(OC)OC.CO[Si](C)(C)C[Si](OC)(OC)C1=CC=C(C(C)C)CC1.CO[Si](C)(C)C[Si](OC)(OC)C1C=CC=C1.CO[Si](C)(C)C[Si](OC)(OC)C1CC2C=CC1C2.CO[Si](C)(C)C[Si](OC)(OC)C1CC2CCC1C2.CO[Si](C)(C)C[Si](OC)(OC)c1ccccc1. The van der Waals surface area contributed by atoms with E-state index in [1.54, 1.807) is 56.9 Å². The zero-order chi connectivity index (χ0) is 111. The Bertz CT molecular complexity index is 3850. The molecule has 1 aromatic carbocycles. The number of allylic oxidation sites excluding steroid dienone is 11. The predicted molar refractivity (Wildman–Crippen MR) is 671 cm³/mol. The quantitative estimate of drug-likeness (QED) is 0.0335. The van der Waals surface area contributed by atoms with E-state index in [-0.39, 0.29) is 29.7 Å². The molecule has 0 N–H and O–H groups in total. The number of hydrogen-bond donors (Lipinski definition) is 0. The molecule has 4 bridgehead atoms. The molecule has 6 fully saturated rings. The van der Waals surface area contributed by atoms with Crippen LogP contribution in [-0.4, -0.2) is 315 Å². The lowest BCUT2D eigenvalue weighted by Gasteiger charge is -2.42. The van der Waals surface area contributed by atoms with E-state index in [2.05, 4.69) is 207 Å². The Kier molecular flexibility index (Phi) is 73.1. The van der Waals surface area contributed by atoms with Crippen LogP contribution in [0.1, 0.15) is 194 Å². The number of rotatable bonds is 58. The molecule has 9 unspecified atom stereocenters. The molecule has 1 aromatic rings. The monoisotopic (exact) mass is 2390 g/mol. The maximum Gasteiger partial charge on any atom is 0.371 e. The van der Waals surface area contributed by atoms with Gasteiger partial charge in [-0.2, -0.15) is 0 Å². The molecule has 1 heterocycles. The van der Waals surface area contributed by atoms with Gasteiger partial charge in [0.1, 0.15) is 0 Å². The number of fused-ring (bicyclic) bond motifs is 5. The fourth-order valence-electron chi connectivity index (χ4n) is 23.5. The highest BCUT2D eigenvalue weighted by atomic mass is 28.4. The van der Waals surface area contributed by atoms with Gasteiger partial charge in [0, 0.05) is 241 Å². The van der Waals surface area contributed by atoms with Gasteiger partial charge in [-0.25, -0.2) is 0 Å². The first kappa shape index (κ1) is 152. The van der Waals surface area contributed by atoms with Gasteiger partial charge in [0.15, 0.2) is 66.5 Å². The third-order valence-electron chi connectivity index (χ3n) is 32.3. The summed E-state index contributed by atoms with van der Waals surface area (Å²) in [6, 6.07) is 12.2. The van der Waals surface area contributed by atoms with Crippen molar-refractivity contribution < 1.29 is 111 Å². The molecular formula is C109H236O25Si16. The van der Waals surface area contributed by atoms with Crippen molar-refractivity contribution in [2.45, 2.75) is 391 Å². The fraction of sp³-hybridized carbons (Fsp3) is 0.835. The summed E-state index contributed by atoms with van der Waals surface area (Å²) in [5.74, 6) is 4.68. The van der Waals surface area contributed by atoms with Crippen molar-refractivity contribution in [3.63, 3.8) is 0 Å². The van der Waals surface area contributed by atoms with Crippen LogP contribution in [0.25, 0.3) is 0 Å². The van der Waals surface area contributed by atoms with Gasteiger partial charge >= 0.3 is 68.5 Å². The van der Waals surface area contributed by atoms with Gasteiger partial charge in [-0.05, 0) is 275 Å². The first-order valence-electron chi connectivity index (χ1n) is 55.1. The molecule has 886 valence electrons. The minimum absolute atomic E-state index is 0. The Morgan fingerprint density at radius 3 is 1.14 bits per heavy atom. The predicted octanol–water partition coefficient (Wildman–Crippen LogP) is 28.7. The van der Waals surface area contributed by atoms with E-state index in [9.17, 15) is 0 Å². The Hall–Kier alpha value is 0.130. The molecule has 0 amide bonds. The molecule has 9 aliphatic rings. The molecule has 0 radical (unpaired) electrons. The van der Waals surface area contributed by atoms with Gasteiger partial charge in [0.05, 0.1) is 12.2 Å². The third-order valence-corrected chi connectivity index (χ3v) is 107. The molecule has 41 heteroatoms. The zero-order valence-electron chi connectivity index (χ0n) is 101. The smallest absolute Gasteiger partial charge is 0.371 e. The summed E-state index contributed by atoms with van der Waals surface area (Å²) < 4.78 is 147. The summed E-state index contributed by atoms with van der Waals surface area (Å²) in [6.07, 6.45) is 42.8. The number of ether oxygens (including phenoxy) is 1. The second-order valence-corrected chi connectivity index (χ2v) is 113. The minimum atomic E-state index is -2.34. The number of epoxide rings is 1. The van der Waals surface area contributed by atoms with E-state index >= 15 is 0 Å².